The number of pyridine rings is 1. The molecule has 3 aromatic rings. The number of carboxylic acid groups (broad SMARTS) is 1. The van der Waals surface area contributed by atoms with Crippen LogP contribution >= 0.6 is 35.7 Å². The molecule has 1 amide bonds. The summed E-state index contributed by atoms with van der Waals surface area (Å²) in [6.45, 7) is 1.86. The summed E-state index contributed by atoms with van der Waals surface area (Å²) in [5, 5.41) is 9.40. The summed E-state index contributed by atoms with van der Waals surface area (Å²) < 4.78 is 1.73. The molecule has 1 aliphatic heterocycles. The Kier molecular flexibility index (Phi) is 6.45. The number of carbonyl (C=O) groups excluding carboxylic acids is 1. The van der Waals surface area contributed by atoms with Gasteiger partial charge in [-0.3, -0.25) is 23.7 Å². The molecule has 3 heterocycles. The lowest BCUT2D eigenvalue weighted by Crippen LogP contribution is -2.30. The highest BCUT2D eigenvalue weighted by Gasteiger charge is 2.32. The number of carboxylic acids is 1. The van der Waals surface area contributed by atoms with Crippen LogP contribution in [0.25, 0.3) is 11.7 Å². The summed E-state index contributed by atoms with van der Waals surface area (Å²) in [7, 11) is 0. The van der Waals surface area contributed by atoms with E-state index in [0.29, 0.717) is 10.7 Å². The number of hydrogen-bond donors (Lipinski definition) is 1. The van der Waals surface area contributed by atoms with Crippen molar-refractivity contribution >= 4 is 63.7 Å². The van der Waals surface area contributed by atoms with E-state index in [9.17, 15) is 14.4 Å². The number of hydrogen-bond acceptors (Lipinski definition) is 7. The lowest BCUT2D eigenvalue weighted by molar-refractivity contribution is -0.137. The number of fused-ring (bicyclic) bond motifs is 1. The molecule has 0 radical (unpaired) electrons. The summed E-state index contributed by atoms with van der Waals surface area (Å²) in [5.41, 5.74) is 1.38. The summed E-state index contributed by atoms with van der Waals surface area (Å²) in [6, 6.07) is 13.2. The molecule has 0 spiro atoms. The molecule has 1 saturated heterocycles. The number of benzene rings is 1. The molecule has 10 heteroatoms. The summed E-state index contributed by atoms with van der Waals surface area (Å²) >= 11 is 7.65. The van der Waals surface area contributed by atoms with Crippen molar-refractivity contribution in [3.05, 3.63) is 75.0 Å². The minimum atomic E-state index is -1.02. The van der Waals surface area contributed by atoms with Gasteiger partial charge in [0.15, 0.2) is 0 Å². The van der Waals surface area contributed by atoms with Gasteiger partial charge in [0.1, 0.15) is 15.0 Å². The van der Waals surface area contributed by atoms with Crippen molar-refractivity contribution in [3.63, 3.8) is 0 Å². The Balaban J connectivity index is 1.82. The number of carbonyl (C=O) groups is 2. The Morgan fingerprint density at radius 3 is 2.69 bits per heavy atom. The van der Waals surface area contributed by atoms with Crippen LogP contribution in [0.4, 0.5) is 0 Å². The van der Waals surface area contributed by atoms with E-state index in [1.54, 1.807) is 12.3 Å². The van der Waals surface area contributed by atoms with E-state index in [2.05, 4.69) is 0 Å². The molecular weight excluding hydrogens is 466 g/mol. The molecule has 0 aliphatic carbocycles. The topological polar surface area (TPSA) is 92.0 Å². The highest BCUT2D eigenvalue weighted by atomic mass is 32.2. The molecule has 7 nitrogen and oxygen atoms in total. The van der Waals surface area contributed by atoms with Gasteiger partial charge in [0.05, 0.1) is 16.9 Å². The number of amides is 1. The Hall–Kier alpha value is -2.95. The molecule has 0 atom stereocenters. The SMILES string of the molecule is Cc1cccn2c(=O)c(C=C3SC(=S)N(CCC(=O)O)C3=O)c(Sc3ccccc3)nc12. The van der Waals surface area contributed by atoms with Crippen molar-refractivity contribution in [2.24, 2.45) is 0 Å². The molecule has 0 bridgehead atoms. The van der Waals surface area contributed by atoms with Gasteiger partial charge in [-0.25, -0.2) is 4.98 Å². The summed E-state index contributed by atoms with van der Waals surface area (Å²) in [4.78, 5) is 44.3. The van der Waals surface area contributed by atoms with Crippen LogP contribution in [-0.2, 0) is 9.59 Å². The largest absolute Gasteiger partial charge is 0.481 e. The molecule has 1 aliphatic rings. The van der Waals surface area contributed by atoms with Crippen molar-refractivity contribution in [2.75, 3.05) is 6.54 Å². The van der Waals surface area contributed by atoms with Crippen molar-refractivity contribution in [1.29, 1.82) is 0 Å². The molecule has 32 heavy (non-hydrogen) atoms. The summed E-state index contributed by atoms with van der Waals surface area (Å²) in [5.74, 6) is -1.43. The maximum Gasteiger partial charge on any atom is 0.305 e. The third-order valence-corrected chi connectivity index (χ3v) is 7.10. The first-order chi connectivity index (χ1) is 15.3. The third-order valence-electron chi connectivity index (χ3n) is 4.71. The minimum absolute atomic E-state index is 0.0168. The van der Waals surface area contributed by atoms with Crippen LogP contribution in [0.15, 0.2) is 68.3 Å². The fourth-order valence-electron chi connectivity index (χ4n) is 3.12. The smallest absolute Gasteiger partial charge is 0.305 e. The Bertz CT molecular complexity index is 1340. The van der Waals surface area contributed by atoms with Crippen LogP contribution < -0.4 is 5.56 Å². The van der Waals surface area contributed by atoms with Crippen molar-refractivity contribution < 1.29 is 14.7 Å². The van der Waals surface area contributed by atoms with Crippen LogP contribution in [0.5, 0.6) is 0 Å². The van der Waals surface area contributed by atoms with Crippen molar-refractivity contribution in [2.45, 2.75) is 23.3 Å². The van der Waals surface area contributed by atoms with Gasteiger partial charge < -0.3 is 5.11 Å². The first-order valence-electron chi connectivity index (χ1n) is 9.57. The lowest BCUT2D eigenvalue weighted by atomic mass is 10.2. The Morgan fingerprint density at radius 1 is 1.22 bits per heavy atom. The van der Waals surface area contributed by atoms with Gasteiger partial charge in [0.25, 0.3) is 11.5 Å². The third kappa shape index (κ3) is 4.47. The molecule has 0 saturated carbocycles. The molecule has 1 fully saturated rings. The first kappa shape index (κ1) is 22.3. The average molecular weight is 484 g/mol. The van der Waals surface area contributed by atoms with Gasteiger partial charge in [-0.2, -0.15) is 0 Å². The number of rotatable bonds is 6. The van der Waals surface area contributed by atoms with Crippen molar-refractivity contribution in [1.82, 2.24) is 14.3 Å². The zero-order valence-corrected chi connectivity index (χ0v) is 19.3. The van der Waals surface area contributed by atoms with Crippen LogP contribution in [-0.4, -0.2) is 42.1 Å². The van der Waals surface area contributed by atoms with E-state index in [0.717, 1.165) is 22.2 Å². The van der Waals surface area contributed by atoms with Gasteiger partial charge in [0.2, 0.25) is 0 Å². The normalized spacial score (nSPS) is 15.2. The molecular formula is C22H17N3O4S3. The Labute approximate surface area is 197 Å². The molecule has 1 N–H and O–H groups in total. The van der Waals surface area contributed by atoms with E-state index in [1.165, 1.54) is 27.1 Å². The van der Waals surface area contributed by atoms with E-state index >= 15 is 0 Å². The summed E-state index contributed by atoms with van der Waals surface area (Å²) in [6.07, 6.45) is 2.94. The molecule has 2 aromatic heterocycles. The quantitative estimate of drug-likeness (QED) is 0.321. The monoisotopic (exact) mass is 483 g/mol. The number of nitrogens with zero attached hydrogens (tertiary/aromatic N) is 3. The second-order valence-electron chi connectivity index (χ2n) is 6.91. The molecule has 0 unspecified atom stereocenters. The molecule has 162 valence electrons. The molecule has 4 rings (SSSR count). The number of aryl methyl sites for hydroxylation is 1. The predicted molar refractivity (Wildman–Crippen MR) is 129 cm³/mol. The van der Waals surface area contributed by atoms with Gasteiger partial charge >= 0.3 is 5.97 Å². The number of aromatic nitrogens is 2. The first-order valence-corrected chi connectivity index (χ1v) is 11.6. The van der Waals surface area contributed by atoms with E-state index in [1.807, 2.05) is 43.3 Å². The number of aliphatic carboxylic acids is 1. The maximum atomic E-state index is 13.4. The zero-order chi connectivity index (χ0) is 22.8. The van der Waals surface area contributed by atoms with Crippen LogP contribution in [0.3, 0.4) is 0 Å². The van der Waals surface area contributed by atoms with Gasteiger partial charge in [-0.15, -0.1) is 0 Å². The van der Waals surface area contributed by atoms with E-state index < -0.39 is 11.9 Å². The van der Waals surface area contributed by atoms with Gasteiger partial charge in [-0.1, -0.05) is 60.0 Å². The highest BCUT2D eigenvalue weighted by molar-refractivity contribution is 8.26. The maximum absolute atomic E-state index is 13.4. The fourth-order valence-corrected chi connectivity index (χ4v) is 5.32. The Morgan fingerprint density at radius 2 is 1.97 bits per heavy atom. The van der Waals surface area contributed by atoms with Gasteiger partial charge in [0, 0.05) is 17.6 Å². The highest BCUT2D eigenvalue weighted by Crippen LogP contribution is 2.35. The van der Waals surface area contributed by atoms with Crippen LogP contribution in [0.2, 0.25) is 0 Å². The predicted octanol–water partition coefficient (Wildman–Crippen LogP) is 3.83. The standard InChI is InChI=1S/C22H17N3O4S3/c1-13-6-5-10-24-18(13)23-19(31-14-7-3-2-4-8-14)15(20(24)28)12-16-21(29)25(22(30)32-16)11-9-17(26)27/h2-8,10,12H,9,11H2,1H3,(H,26,27). The van der Waals surface area contributed by atoms with Crippen molar-refractivity contribution in [3.8, 4) is 0 Å². The second-order valence-corrected chi connectivity index (χ2v) is 9.65. The fraction of sp³-hybridized carbons (Fsp3) is 0.136. The average Bonchev–Trinajstić information content (AvgIpc) is 3.03. The molecule has 1 aromatic carbocycles. The van der Waals surface area contributed by atoms with Gasteiger partial charge in [-0.05, 0) is 36.8 Å². The van der Waals surface area contributed by atoms with E-state index in [4.69, 9.17) is 22.3 Å². The van der Waals surface area contributed by atoms with Crippen LogP contribution in [0, 0.1) is 6.92 Å². The van der Waals surface area contributed by atoms with Crippen LogP contribution in [0.1, 0.15) is 17.5 Å². The zero-order valence-electron chi connectivity index (χ0n) is 16.8. The van der Waals surface area contributed by atoms with E-state index in [-0.39, 0.29) is 33.3 Å². The second kappa shape index (κ2) is 9.27. The number of thioether (sulfide) groups is 1. The minimum Gasteiger partial charge on any atom is -0.481 e. The lowest BCUT2D eigenvalue weighted by Gasteiger charge is -2.12. The number of thiocarbonyl (C=S) groups is 1.